The summed E-state index contributed by atoms with van der Waals surface area (Å²) in [4.78, 5) is 0. The van der Waals surface area contributed by atoms with Gasteiger partial charge in [-0.3, -0.25) is 4.68 Å². The molecule has 1 aromatic heterocycles. The fourth-order valence-corrected chi connectivity index (χ4v) is 2.33. The maximum absolute atomic E-state index is 4.34. The Bertz CT molecular complexity index is 507. The molecule has 2 rings (SSSR count). The van der Waals surface area contributed by atoms with Crippen molar-refractivity contribution in [2.45, 2.75) is 33.6 Å². The van der Waals surface area contributed by atoms with Gasteiger partial charge in [-0.1, -0.05) is 13.8 Å². The van der Waals surface area contributed by atoms with Gasteiger partial charge in [0, 0.05) is 12.4 Å². The highest BCUT2D eigenvalue weighted by Crippen LogP contribution is 2.30. The minimum absolute atomic E-state index is 0.544. The average molecular weight is 202 g/mol. The molecule has 15 heavy (non-hydrogen) atoms. The average Bonchev–Trinajstić information content (AvgIpc) is 2.49. The Kier molecular flexibility index (Phi) is 2.29. The van der Waals surface area contributed by atoms with E-state index < -0.39 is 0 Å². The summed E-state index contributed by atoms with van der Waals surface area (Å²) in [6, 6.07) is 2.23. The quantitative estimate of drug-likeness (QED) is 0.693. The van der Waals surface area contributed by atoms with E-state index in [1.54, 1.807) is 0 Å². The number of benzene rings is 1. The second kappa shape index (κ2) is 3.37. The molecule has 0 aliphatic heterocycles. The lowest BCUT2D eigenvalue weighted by Gasteiger charge is -2.14. The second-order valence-electron chi connectivity index (χ2n) is 4.59. The minimum Gasteiger partial charge on any atom is -0.268 e. The van der Waals surface area contributed by atoms with E-state index >= 15 is 0 Å². The molecule has 0 fully saturated rings. The summed E-state index contributed by atoms with van der Waals surface area (Å²) < 4.78 is 1.98. The van der Waals surface area contributed by atoms with Crippen molar-refractivity contribution in [3.05, 3.63) is 29.0 Å². The van der Waals surface area contributed by atoms with Crippen LogP contribution in [0.5, 0.6) is 0 Å². The van der Waals surface area contributed by atoms with Gasteiger partial charge in [-0.25, -0.2) is 0 Å². The molecule has 0 saturated heterocycles. The third-order valence-corrected chi connectivity index (χ3v) is 3.17. The molecule has 0 saturated carbocycles. The summed E-state index contributed by atoms with van der Waals surface area (Å²) in [5, 5.41) is 5.59. The van der Waals surface area contributed by atoms with Crippen LogP contribution in [-0.4, -0.2) is 9.78 Å². The molecular weight excluding hydrogens is 184 g/mol. The maximum atomic E-state index is 4.34. The van der Waals surface area contributed by atoms with E-state index in [-0.39, 0.29) is 0 Å². The number of nitrogens with zero attached hydrogens (tertiary/aromatic N) is 2. The predicted molar refractivity (Wildman–Crippen MR) is 64.3 cm³/mol. The van der Waals surface area contributed by atoms with Crippen molar-refractivity contribution < 1.29 is 0 Å². The van der Waals surface area contributed by atoms with Gasteiger partial charge in [-0.15, -0.1) is 0 Å². The topological polar surface area (TPSA) is 17.8 Å². The van der Waals surface area contributed by atoms with Crippen molar-refractivity contribution in [3.8, 4) is 0 Å². The molecule has 0 unspecified atom stereocenters. The van der Waals surface area contributed by atoms with Gasteiger partial charge in [0.2, 0.25) is 0 Å². The van der Waals surface area contributed by atoms with Gasteiger partial charge in [-0.05, 0) is 42.5 Å². The van der Waals surface area contributed by atoms with E-state index in [1.165, 1.54) is 27.6 Å². The molecule has 0 radical (unpaired) electrons. The lowest BCUT2D eigenvalue weighted by molar-refractivity contribution is 0.777. The molecule has 0 aliphatic carbocycles. The largest absolute Gasteiger partial charge is 0.268 e. The van der Waals surface area contributed by atoms with Gasteiger partial charge in [0.1, 0.15) is 0 Å². The first-order valence-electron chi connectivity index (χ1n) is 5.44. The Morgan fingerprint density at radius 3 is 2.53 bits per heavy atom. The van der Waals surface area contributed by atoms with Crippen LogP contribution in [0.1, 0.15) is 36.5 Å². The van der Waals surface area contributed by atoms with Gasteiger partial charge in [0.15, 0.2) is 0 Å². The highest BCUT2D eigenvalue weighted by atomic mass is 15.2. The van der Waals surface area contributed by atoms with Crippen LogP contribution < -0.4 is 0 Å². The summed E-state index contributed by atoms with van der Waals surface area (Å²) in [5.74, 6) is 0.544. The number of aryl methyl sites for hydroxylation is 2. The van der Waals surface area contributed by atoms with Crippen LogP contribution in [0.25, 0.3) is 10.9 Å². The summed E-state index contributed by atoms with van der Waals surface area (Å²) in [6.07, 6.45) is 1.95. The van der Waals surface area contributed by atoms with Crippen LogP contribution >= 0.6 is 0 Å². The van der Waals surface area contributed by atoms with Crippen molar-refractivity contribution in [2.24, 2.45) is 7.05 Å². The summed E-state index contributed by atoms with van der Waals surface area (Å²) in [6.45, 7) is 8.87. The molecule has 2 aromatic rings. The third-order valence-electron chi connectivity index (χ3n) is 3.17. The molecule has 0 N–H and O–H groups in total. The van der Waals surface area contributed by atoms with Gasteiger partial charge < -0.3 is 0 Å². The Hall–Kier alpha value is -1.31. The zero-order valence-corrected chi connectivity index (χ0v) is 10.1. The fourth-order valence-electron chi connectivity index (χ4n) is 2.33. The molecule has 2 nitrogen and oxygen atoms in total. The van der Waals surface area contributed by atoms with Crippen LogP contribution in [0.15, 0.2) is 12.3 Å². The van der Waals surface area contributed by atoms with Crippen LogP contribution in [-0.2, 0) is 7.05 Å². The van der Waals surface area contributed by atoms with Crippen molar-refractivity contribution in [1.82, 2.24) is 9.78 Å². The van der Waals surface area contributed by atoms with Crippen molar-refractivity contribution in [1.29, 1.82) is 0 Å². The monoisotopic (exact) mass is 202 g/mol. The van der Waals surface area contributed by atoms with E-state index in [1.807, 2.05) is 17.9 Å². The van der Waals surface area contributed by atoms with Crippen LogP contribution in [0.4, 0.5) is 0 Å². The summed E-state index contributed by atoms with van der Waals surface area (Å²) in [7, 11) is 2.02. The van der Waals surface area contributed by atoms with Gasteiger partial charge in [0.05, 0.1) is 11.7 Å². The lowest BCUT2D eigenvalue weighted by atomic mass is 9.92. The Balaban J connectivity index is 2.93. The van der Waals surface area contributed by atoms with E-state index in [0.29, 0.717) is 5.92 Å². The van der Waals surface area contributed by atoms with Crippen molar-refractivity contribution in [2.75, 3.05) is 0 Å². The van der Waals surface area contributed by atoms with Gasteiger partial charge in [-0.2, -0.15) is 5.10 Å². The van der Waals surface area contributed by atoms with E-state index in [9.17, 15) is 0 Å². The van der Waals surface area contributed by atoms with E-state index in [2.05, 4.69) is 38.9 Å². The van der Waals surface area contributed by atoms with Crippen LogP contribution in [0.2, 0.25) is 0 Å². The number of hydrogen-bond acceptors (Lipinski definition) is 1. The smallest absolute Gasteiger partial charge is 0.0716 e. The van der Waals surface area contributed by atoms with Crippen molar-refractivity contribution in [3.63, 3.8) is 0 Å². The van der Waals surface area contributed by atoms with Crippen LogP contribution in [0, 0.1) is 13.8 Å². The molecule has 0 bridgehead atoms. The standard InChI is InChI=1S/C13H18N2/c1-8(2)12-10(4)9(3)6-11-7-14-15(5)13(11)12/h6-8H,1-5H3. The Morgan fingerprint density at radius 1 is 1.27 bits per heavy atom. The Morgan fingerprint density at radius 2 is 1.93 bits per heavy atom. The highest BCUT2D eigenvalue weighted by molar-refractivity contribution is 5.84. The normalized spacial score (nSPS) is 11.6. The highest BCUT2D eigenvalue weighted by Gasteiger charge is 2.13. The third kappa shape index (κ3) is 1.44. The molecular formula is C13H18N2. The summed E-state index contributed by atoms with van der Waals surface area (Å²) in [5.41, 5.74) is 5.48. The molecule has 1 heterocycles. The first kappa shape index (κ1) is 10.2. The molecule has 80 valence electrons. The maximum Gasteiger partial charge on any atom is 0.0716 e. The molecule has 0 amide bonds. The summed E-state index contributed by atoms with van der Waals surface area (Å²) >= 11 is 0. The van der Waals surface area contributed by atoms with E-state index in [4.69, 9.17) is 0 Å². The number of rotatable bonds is 1. The zero-order valence-electron chi connectivity index (χ0n) is 10.1. The second-order valence-corrected chi connectivity index (χ2v) is 4.59. The molecule has 0 spiro atoms. The molecule has 0 aliphatic rings. The number of fused-ring (bicyclic) bond motifs is 1. The number of aromatic nitrogens is 2. The van der Waals surface area contributed by atoms with Gasteiger partial charge in [0.25, 0.3) is 0 Å². The first-order valence-corrected chi connectivity index (χ1v) is 5.44. The minimum atomic E-state index is 0.544. The fraction of sp³-hybridized carbons (Fsp3) is 0.462. The lowest BCUT2D eigenvalue weighted by Crippen LogP contribution is -2.00. The van der Waals surface area contributed by atoms with Gasteiger partial charge >= 0.3 is 0 Å². The van der Waals surface area contributed by atoms with Crippen LogP contribution in [0.3, 0.4) is 0 Å². The predicted octanol–water partition coefficient (Wildman–Crippen LogP) is 3.31. The van der Waals surface area contributed by atoms with Crippen molar-refractivity contribution >= 4 is 10.9 Å². The zero-order chi connectivity index (χ0) is 11.2. The van der Waals surface area contributed by atoms with E-state index in [0.717, 1.165) is 0 Å². The molecule has 1 aromatic carbocycles. The number of hydrogen-bond donors (Lipinski definition) is 0. The molecule has 0 atom stereocenters. The molecule has 2 heteroatoms. The Labute approximate surface area is 90.9 Å². The first-order chi connectivity index (χ1) is 7.02. The SMILES string of the molecule is Cc1cc2cnn(C)c2c(C(C)C)c1C.